The number of carbonyl (C=O) groups excluding carboxylic acids is 1. The Morgan fingerprint density at radius 1 is 1.37 bits per heavy atom. The van der Waals surface area contributed by atoms with Crippen LogP contribution in [0, 0.1) is 0 Å². The molecule has 1 fully saturated rings. The number of ether oxygens (including phenoxy) is 1. The van der Waals surface area contributed by atoms with Gasteiger partial charge in [0.15, 0.2) is 5.76 Å². The Labute approximate surface area is 114 Å². The normalized spacial score (nSPS) is 22.5. The standard InChI is InChI=1S/C15H21NO3/c1-2-19-15-10-12(8-9-14(15)17)11-16(18)13-6-4-3-5-7-13/h8-11,13,18H,2-7H2,1H3. The van der Waals surface area contributed by atoms with Crippen molar-refractivity contribution < 1.29 is 14.7 Å². The fourth-order valence-electron chi connectivity index (χ4n) is 2.48. The van der Waals surface area contributed by atoms with Crippen LogP contribution in [0.3, 0.4) is 0 Å². The van der Waals surface area contributed by atoms with Crippen LogP contribution < -0.4 is 0 Å². The van der Waals surface area contributed by atoms with Gasteiger partial charge in [-0.2, -0.15) is 0 Å². The lowest BCUT2D eigenvalue weighted by Crippen LogP contribution is -2.30. The summed E-state index contributed by atoms with van der Waals surface area (Å²) in [7, 11) is 0. The minimum atomic E-state index is -0.124. The van der Waals surface area contributed by atoms with Gasteiger partial charge in [-0.05, 0) is 43.6 Å². The molecule has 0 saturated heterocycles. The molecule has 0 amide bonds. The van der Waals surface area contributed by atoms with Gasteiger partial charge in [-0.1, -0.05) is 19.3 Å². The highest BCUT2D eigenvalue weighted by molar-refractivity contribution is 6.04. The van der Waals surface area contributed by atoms with Gasteiger partial charge < -0.3 is 4.74 Å². The zero-order valence-corrected chi connectivity index (χ0v) is 11.3. The van der Waals surface area contributed by atoms with E-state index in [1.165, 1.54) is 30.4 Å². The van der Waals surface area contributed by atoms with Crippen LogP contribution >= 0.6 is 0 Å². The smallest absolute Gasteiger partial charge is 0.220 e. The van der Waals surface area contributed by atoms with Crippen molar-refractivity contribution in [2.45, 2.75) is 45.1 Å². The van der Waals surface area contributed by atoms with Gasteiger partial charge in [0.05, 0.1) is 12.6 Å². The Balaban J connectivity index is 2.05. The number of nitrogens with zero attached hydrogens (tertiary/aromatic N) is 1. The summed E-state index contributed by atoms with van der Waals surface area (Å²) in [5, 5.41) is 11.4. The van der Waals surface area contributed by atoms with E-state index in [-0.39, 0.29) is 11.8 Å². The van der Waals surface area contributed by atoms with E-state index in [0.717, 1.165) is 18.4 Å². The molecule has 0 aromatic rings. The second-order valence-corrected chi connectivity index (χ2v) is 4.94. The van der Waals surface area contributed by atoms with Gasteiger partial charge in [0.2, 0.25) is 5.78 Å². The van der Waals surface area contributed by atoms with Crippen molar-refractivity contribution in [1.29, 1.82) is 0 Å². The van der Waals surface area contributed by atoms with Crippen LogP contribution in [0.25, 0.3) is 0 Å². The first-order valence-corrected chi connectivity index (χ1v) is 6.96. The summed E-state index contributed by atoms with van der Waals surface area (Å²) in [5.74, 6) is 0.217. The average molecular weight is 263 g/mol. The summed E-state index contributed by atoms with van der Waals surface area (Å²) >= 11 is 0. The van der Waals surface area contributed by atoms with Crippen molar-refractivity contribution in [3.63, 3.8) is 0 Å². The largest absolute Gasteiger partial charge is 0.490 e. The number of hydrogen-bond donors (Lipinski definition) is 1. The van der Waals surface area contributed by atoms with E-state index < -0.39 is 0 Å². The average Bonchev–Trinajstić information content (AvgIpc) is 2.44. The predicted molar refractivity (Wildman–Crippen MR) is 72.4 cm³/mol. The van der Waals surface area contributed by atoms with E-state index in [1.54, 1.807) is 18.4 Å². The van der Waals surface area contributed by atoms with E-state index >= 15 is 0 Å². The molecule has 1 saturated carbocycles. The Kier molecular flexibility index (Phi) is 4.80. The SMILES string of the molecule is CCOC1=CC(=CN(O)C2CCCCC2)C=CC1=O. The molecule has 2 rings (SSSR count). The third-order valence-electron chi connectivity index (χ3n) is 3.50. The third kappa shape index (κ3) is 3.70. The van der Waals surface area contributed by atoms with E-state index in [0.29, 0.717) is 12.4 Å². The number of carbonyl (C=O) groups is 1. The Morgan fingerprint density at radius 2 is 2.11 bits per heavy atom. The van der Waals surface area contributed by atoms with Crippen LogP contribution in [0.15, 0.2) is 35.8 Å². The van der Waals surface area contributed by atoms with Gasteiger partial charge in [-0.3, -0.25) is 15.1 Å². The van der Waals surface area contributed by atoms with Gasteiger partial charge >= 0.3 is 0 Å². The quantitative estimate of drug-likeness (QED) is 0.792. The molecule has 1 N–H and O–H groups in total. The maximum Gasteiger partial charge on any atom is 0.220 e. The van der Waals surface area contributed by atoms with Crippen LogP contribution in [-0.2, 0) is 9.53 Å². The molecule has 4 nitrogen and oxygen atoms in total. The predicted octanol–water partition coefficient (Wildman–Crippen LogP) is 2.95. The fraction of sp³-hybridized carbons (Fsp3) is 0.533. The van der Waals surface area contributed by atoms with E-state index in [1.807, 2.05) is 6.92 Å². The minimum Gasteiger partial charge on any atom is -0.490 e. The Bertz CT molecular complexity index is 417. The van der Waals surface area contributed by atoms with Gasteiger partial charge in [0.1, 0.15) is 0 Å². The molecule has 2 aliphatic carbocycles. The number of ketones is 1. The molecule has 0 spiro atoms. The molecule has 104 valence electrons. The first-order chi connectivity index (χ1) is 9.20. The van der Waals surface area contributed by atoms with Gasteiger partial charge in [0, 0.05) is 6.20 Å². The molecule has 4 heteroatoms. The van der Waals surface area contributed by atoms with E-state index in [2.05, 4.69) is 0 Å². The molecule has 0 aromatic heterocycles. The highest BCUT2D eigenvalue weighted by atomic mass is 16.5. The maximum absolute atomic E-state index is 11.5. The molecular weight excluding hydrogens is 242 g/mol. The highest BCUT2D eigenvalue weighted by Crippen LogP contribution is 2.23. The van der Waals surface area contributed by atoms with Crippen molar-refractivity contribution in [3.05, 3.63) is 35.8 Å². The first-order valence-electron chi connectivity index (χ1n) is 6.96. The zero-order valence-electron chi connectivity index (χ0n) is 11.3. The molecule has 0 bridgehead atoms. The van der Waals surface area contributed by atoms with E-state index in [9.17, 15) is 10.0 Å². The summed E-state index contributed by atoms with van der Waals surface area (Å²) in [5.41, 5.74) is 0.788. The topological polar surface area (TPSA) is 49.8 Å². The molecule has 0 aromatic carbocycles. The second kappa shape index (κ2) is 6.57. The molecule has 0 atom stereocenters. The highest BCUT2D eigenvalue weighted by Gasteiger charge is 2.19. The maximum atomic E-state index is 11.5. The van der Waals surface area contributed by atoms with Crippen molar-refractivity contribution in [2.75, 3.05) is 6.61 Å². The van der Waals surface area contributed by atoms with Gasteiger partial charge in [0.25, 0.3) is 0 Å². The summed E-state index contributed by atoms with van der Waals surface area (Å²) in [6.45, 7) is 2.31. The summed E-state index contributed by atoms with van der Waals surface area (Å²) in [4.78, 5) is 11.5. The molecule has 0 heterocycles. The lowest BCUT2D eigenvalue weighted by molar-refractivity contribution is -0.114. The Hall–Kier alpha value is -1.55. The third-order valence-corrected chi connectivity index (χ3v) is 3.50. The van der Waals surface area contributed by atoms with Gasteiger partial charge in [-0.25, -0.2) is 0 Å². The fourth-order valence-corrected chi connectivity index (χ4v) is 2.48. The molecule has 0 unspecified atom stereocenters. The summed E-state index contributed by atoms with van der Waals surface area (Å²) in [6, 6.07) is 0.191. The number of hydroxylamine groups is 2. The zero-order chi connectivity index (χ0) is 13.7. The van der Waals surface area contributed by atoms with Crippen LogP contribution in [0.1, 0.15) is 39.0 Å². The molecule has 2 aliphatic rings. The van der Waals surface area contributed by atoms with Gasteiger partial charge in [-0.15, -0.1) is 0 Å². The van der Waals surface area contributed by atoms with Crippen molar-refractivity contribution in [2.24, 2.45) is 0 Å². The van der Waals surface area contributed by atoms with Crippen molar-refractivity contribution >= 4 is 5.78 Å². The Morgan fingerprint density at radius 3 is 2.79 bits per heavy atom. The molecule has 19 heavy (non-hydrogen) atoms. The van der Waals surface area contributed by atoms with Crippen LogP contribution in [-0.4, -0.2) is 28.7 Å². The van der Waals surface area contributed by atoms with Crippen LogP contribution in [0.4, 0.5) is 0 Å². The monoisotopic (exact) mass is 263 g/mol. The minimum absolute atomic E-state index is 0.124. The van der Waals surface area contributed by atoms with Crippen LogP contribution in [0.5, 0.6) is 0 Å². The lowest BCUT2D eigenvalue weighted by atomic mass is 9.95. The first kappa shape index (κ1) is 13.9. The molecule has 0 radical (unpaired) electrons. The second-order valence-electron chi connectivity index (χ2n) is 4.94. The summed E-state index contributed by atoms with van der Waals surface area (Å²) < 4.78 is 5.27. The van der Waals surface area contributed by atoms with E-state index in [4.69, 9.17) is 4.74 Å². The van der Waals surface area contributed by atoms with Crippen molar-refractivity contribution in [1.82, 2.24) is 5.06 Å². The number of allylic oxidation sites excluding steroid dienone is 4. The van der Waals surface area contributed by atoms with Crippen molar-refractivity contribution in [3.8, 4) is 0 Å². The lowest BCUT2D eigenvalue weighted by Gasteiger charge is -2.28. The summed E-state index contributed by atoms with van der Waals surface area (Å²) in [6.07, 6.45) is 12.2. The molecule has 0 aliphatic heterocycles. The number of hydrogen-bond acceptors (Lipinski definition) is 4. The molecular formula is C15H21NO3. The number of rotatable bonds is 4. The van der Waals surface area contributed by atoms with Crippen LogP contribution in [0.2, 0.25) is 0 Å².